The Hall–Kier alpha value is 0.440. The van der Waals surface area contributed by atoms with E-state index in [1.54, 1.807) is 4.67 Å². The molecule has 0 aliphatic heterocycles. The van der Waals surface area contributed by atoms with E-state index in [2.05, 4.69) is 0 Å². The average Bonchev–Trinajstić information content (AvgIpc) is 2.06. The first-order valence-corrected chi connectivity index (χ1v) is 5.90. The molecule has 0 aliphatic rings. The van der Waals surface area contributed by atoms with Crippen LogP contribution >= 0.6 is 19.1 Å². The summed E-state index contributed by atoms with van der Waals surface area (Å²) in [5.41, 5.74) is 0.0607. The van der Waals surface area contributed by atoms with Crippen LogP contribution < -0.4 is 0 Å². The maximum absolute atomic E-state index is 11.7. The molecule has 11 heavy (non-hydrogen) atoms. The molecule has 0 rings (SSSR count). The summed E-state index contributed by atoms with van der Waals surface area (Å²) in [6, 6.07) is 0. The predicted octanol–water partition coefficient (Wildman–Crippen LogP) is 2.36. The van der Waals surface area contributed by atoms with E-state index >= 15 is 0 Å². The van der Waals surface area contributed by atoms with Gasteiger partial charge in [-0.1, -0.05) is 13.8 Å². The Bertz CT molecular complexity index is 142. The van der Waals surface area contributed by atoms with Gasteiger partial charge in [-0.05, 0) is 0 Å². The van der Waals surface area contributed by atoms with Crippen LogP contribution in [0.1, 0.15) is 13.8 Å². The van der Waals surface area contributed by atoms with Crippen molar-refractivity contribution in [3.8, 4) is 0 Å². The van der Waals surface area contributed by atoms with Crippen molar-refractivity contribution in [1.82, 2.24) is 4.67 Å². The summed E-state index contributed by atoms with van der Waals surface area (Å²) in [5, 5.41) is 0. The summed E-state index contributed by atoms with van der Waals surface area (Å²) in [7, 11) is -1.26. The minimum Gasteiger partial charge on any atom is -0.320 e. The van der Waals surface area contributed by atoms with Gasteiger partial charge in [0.1, 0.15) is 5.62 Å². The molecule has 0 aliphatic carbocycles. The Morgan fingerprint density at radius 2 is 1.91 bits per heavy atom. The van der Waals surface area contributed by atoms with E-state index in [0.29, 0.717) is 13.1 Å². The molecule has 5 heteroatoms. The Morgan fingerprint density at radius 1 is 1.45 bits per heavy atom. The van der Waals surface area contributed by atoms with Crippen LogP contribution in [0.5, 0.6) is 0 Å². The van der Waals surface area contributed by atoms with E-state index in [1.807, 2.05) is 13.8 Å². The molecule has 3 nitrogen and oxygen atoms in total. The largest absolute Gasteiger partial charge is 0.320 e. The smallest absolute Gasteiger partial charge is 0.286 e. The zero-order chi connectivity index (χ0) is 8.91. The van der Waals surface area contributed by atoms with E-state index in [9.17, 15) is 4.57 Å². The molecule has 0 fully saturated rings. The van der Waals surface area contributed by atoms with Gasteiger partial charge in [-0.15, -0.1) is 11.6 Å². The van der Waals surface area contributed by atoms with E-state index in [0.717, 1.165) is 0 Å². The highest BCUT2D eigenvalue weighted by Gasteiger charge is 2.26. The van der Waals surface area contributed by atoms with Crippen LogP contribution in [-0.2, 0) is 9.09 Å². The normalized spacial score (nSPS) is 16.8. The van der Waals surface area contributed by atoms with Gasteiger partial charge in [0, 0.05) is 20.2 Å². The summed E-state index contributed by atoms with van der Waals surface area (Å²) >= 11 is 5.53. The number of nitrogens with zero attached hydrogens (tertiary/aromatic N) is 1. The fraction of sp³-hybridized carbons (Fsp3) is 1.00. The van der Waals surface area contributed by atoms with Gasteiger partial charge in [0.05, 0.1) is 0 Å². The summed E-state index contributed by atoms with van der Waals surface area (Å²) < 4.78 is 18.3. The van der Waals surface area contributed by atoms with Gasteiger partial charge < -0.3 is 4.52 Å². The fourth-order valence-corrected chi connectivity index (χ4v) is 2.98. The molecule has 68 valence electrons. The molecule has 0 aromatic rings. The van der Waals surface area contributed by atoms with Crippen LogP contribution in [0.3, 0.4) is 0 Å². The van der Waals surface area contributed by atoms with Gasteiger partial charge >= 0.3 is 0 Å². The van der Waals surface area contributed by atoms with E-state index in [4.69, 9.17) is 16.1 Å². The van der Waals surface area contributed by atoms with E-state index in [-0.39, 0.29) is 5.62 Å². The van der Waals surface area contributed by atoms with Crippen LogP contribution in [0.15, 0.2) is 0 Å². The molecule has 0 heterocycles. The lowest BCUT2D eigenvalue weighted by molar-refractivity contribution is 0.321. The van der Waals surface area contributed by atoms with Gasteiger partial charge in [0.25, 0.3) is 7.52 Å². The van der Waals surface area contributed by atoms with Gasteiger partial charge in [0.2, 0.25) is 0 Å². The third kappa shape index (κ3) is 2.75. The van der Waals surface area contributed by atoms with Gasteiger partial charge in [-0.2, -0.15) is 0 Å². The molecule has 0 radical (unpaired) electrons. The van der Waals surface area contributed by atoms with Crippen molar-refractivity contribution in [3.63, 3.8) is 0 Å². The Morgan fingerprint density at radius 3 is 2.00 bits per heavy atom. The van der Waals surface area contributed by atoms with Crippen molar-refractivity contribution in [3.05, 3.63) is 0 Å². The highest BCUT2D eigenvalue weighted by molar-refractivity contribution is 7.58. The molecule has 0 saturated carbocycles. The monoisotopic (exact) mass is 199 g/mol. The van der Waals surface area contributed by atoms with Crippen LogP contribution in [0.4, 0.5) is 0 Å². The second kappa shape index (κ2) is 5.15. The molecule has 0 N–H and O–H groups in total. The molecule has 0 amide bonds. The second-order valence-corrected chi connectivity index (χ2v) is 5.24. The summed E-state index contributed by atoms with van der Waals surface area (Å²) in [6.07, 6.45) is 0. The molecule has 1 unspecified atom stereocenters. The highest BCUT2D eigenvalue weighted by Crippen LogP contribution is 2.50. The Labute approximate surface area is 73.2 Å². The molecule has 0 aromatic heterocycles. The zero-order valence-electron chi connectivity index (χ0n) is 7.21. The van der Waals surface area contributed by atoms with Crippen LogP contribution in [0, 0.1) is 0 Å². The predicted molar refractivity (Wildman–Crippen MR) is 48.3 cm³/mol. The first-order valence-electron chi connectivity index (χ1n) is 3.60. The molecular formula is C6H15ClNO2P. The molecule has 1 atom stereocenters. The lowest BCUT2D eigenvalue weighted by Gasteiger charge is -2.25. The van der Waals surface area contributed by atoms with Crippen molar-refractivity contribution >= 4 is 19.1 Å². The number of alkyl halides is 1. The van der Waals surface area contributed by atoms with Crippen molar-refractivity contribution in [1.29, 1.82) is 0 Å². The summed E-state index contributed by atoms with van der Waals surface area (Å²) in [4.78, 5) is 0. The fourth-order valence-electron chi connectivity index (χ4n) is 0.894. The maximum Gasteiger partial charge on any atom is 0.286 e. The third-order valence-electron chi connectivity index (χ3n) is 1.60. The Balaban J connectivity index is 4.32. The molecule has 0 spiro atoms. The quantitative estimate of drug-likeness (QED) is 0.503. The van der Waals surface area contributed by atoms with Crippen molar-refractivity contribution in [2.75, 3.05) is 25.8 Å². The number of hydrogen-bond acceptors (Lipinski definition) is 2. The summed E-state index contributed by atoms with van der Waals surface area (Å²) in [6.45, 7) is 5.27. The number of hydrogen-bond donors (Lipinski definition) is 0. The second-order valence-electron chi connectivity index (χ2n) is 2.08. The third-order valence-corrected chi connectivity index (χ3v) is 4.80. The molecule has 0 saturated heterocycles. The number of rotatable bonds is 5. The molecule has 0 aromatic carbocycles. The van der Waals surface area contributed by atoms with Gasteiger partial charge in [0.15, 0.2) is 0 Å². The highest BCUT2D eigenvalue weighted by atomic mass is 35.5. The zero-order valence-corrected chi connectivity index (χ0v) is 8.86. The molecular weight excluding hydrogens is 184 g/mol. The Kier molecular flexibility index (Phi) is 5.36. The lowest BCUT2D eigenvalue weighted by Crippen LogP contribution is -2.21. The topological polar surface area (TPSA) is 29.5 Å². The van der Waals surface area contributed by atoms with E-state index in [1.165, 1.54) is 7.11 Å². The standard InChI is InChI=1S/C6H15ClNO2P/c1-4-8(5-2)11(9,6-7)10-3/h4-6H2,1-3H3. The minimum atomic E-state index is -2.69. The van der Waals surface area contributed by atoms with Crippen molar-refractivity contribution < 1.29 is 9.09 Å². The molecule has 0 bridgehead atoms. The van der Waals surface area contributed by atoms with Crippen LogP contribution in [0.2, 0.25) is 0 Å². The summed E-state index contributed by atoms with van der Waals surface area (Å²) in [5.74, 6) is 0. The van der Waals surface area contributed by atoms with Crippen LogP contribution in [-0.4, -0.2) is 30.5 Å². The minimum absolute atomic E-state index is 0.0607. The van der Waals surface area contributed by atoms with E-state index < -0.39 is 7.52 Å². The number of halogens is 1. The lowest BCUT2D eigenvalue weighted by atomic mass is 10.7. The van der Waals surface area contributed by atoms with Gasteiger partial charge in [-0.25, -0.2) is 4.67 Å². The first kappa shape index (κ1) is 11.4. The first-order chi connectivity index (χ1) is 5.14. The van der Waals surface area contributed by atoms with Gasteiger partial charge in [-0.3, -0.25) is 4.57 Å². The SMILES string of the molecule is CCN(CC)P(=O)(CCl)OC. The average molecular weight is 200 g/mol. The van der Waals surface area contributed by atoms with Crippen molar-refractivity contribution in [2.45, 2.75) is 13.8 Å². The van der Waals surface area contributed by atoms with Crippen molar-refractivity contribution in [2.24, 2.45) is 0 Å². The maximum atomic E-state index is 11.7. The van der Waals surface area contributed by atoms with Crippen LogP contribution in [0.25, 0.3) is 0 Å².